The Morgan fingerprint density at radius 2 is 1.71 bits per heavy atom. The van der Waals surface area contributed by atoms with Crippen LogP contribution in [0.5, 0.6) is 0 Å². The van der Waals surface area contributed by atoms with Crippen LogP contribution in [0, 0.1) is 13.8 Å². The average molecular weight is 617 g/mol. The third-order valence-electron chi connectivity index (χ3n) is 6.69. The maximum atomic E-state index is 12.7. The van der Waals surface area contributed by atoms with Crippen LogP contribution >= 0.6 is 22.7 Å². The van der Waals surface area contributed by atoms with E-state index in [4.69, 9.17) is 4.98 Å². The molecule has 2 aromatic carbocycles. The Hall–Kier alpha value is -4.39. The van der Waals surface area contributed by atoms with Gasteiger partial charge in [0.1, 0.15) is 6.54 Å². The van der Waals surface area contributed by atoms with Crippen molar-refractivity contribution in [3.8, 4) is 33.0 Å². The molecule has 0 aliphatic heterocycles. The van der Waals surface area contributed by atoms with Gasteiger partial charge in [-0.2, -0.15) is 0 Å². The predicted octanol–water partition coefficient (Wildman–Crippen LogP) is 6.10. The number of pyridine rings is 1. The number of carboxylic acid groups (broad SMARTS) is 1. The van der Waals surface area contributed by atoms with Gasteiger partial charge in [-0.3, -0.25) is 9.59 Å². The smallest absolute Gasteiger partial charge is 0.323 e. The van der Waals surface area contributed by atoms with Crippen LogP contribution in [-0.2, 0) is 21.4 Å². The minimum absolute atomic E-state index is 0.164. The molecule has 0 aliphatic carbocycles. The number of carboxylic acids is 1. The second-order valence-electron chi connectivity index (χ2n) is 9.85. The number of benzene rings is 2. The Labute approximate surface area is 249 Å². The molecule has 1 amide bonds. The Kier molecular flexibility index (Phi) is 6.92. The number of fused-ring (bicyclic) bond motifs is 2. The summed E-state index contributed by atoms with van der Waals surface area (Å²) < 4.78 is 27.8. The van der Waals surface area contributed by atoms with Gasteiger partial charge in [0, 0.05) is 10.9 Å². The third kappa shape index (κ3) is 5.20. The maximum Gasteiger partial charge on any atom is 0.323 e. The highest BCUT2D eigenvalue weighted by molar-refractivity contribution is 7.89. The van der Waals surface area contributed by atoms with Gasteiger partial charge in [0.05, 0.1) is 53.8 Å². The molecule has 0 saturated heterocycles. The number of amides is 1. The number of thiophene rings is 1. The first kappa shape index (κ1) is 27.8. The Morgan fingerprint density at radius 3 is 2.38 bits per heavy atom. The molecule has 0 radical (unpaired) electrons. The van der Waals surface area contributed by atoms with Crippen molar-refractivity contribution in [1.82, 2.24) is 19.3 Å². The van der Waals surface area contributed by atoms with Crippen LogP contribution in [0.4, 0.5) is 0 Å². The van der Waals surface area contributed by atoms with Crippen LogP contribution in [0.2, 0.25) is 0 Å². The number of hydrogen-bond donors (Lipinski definition) is 2. The number of carbonyl (C=O) groups excluding carboxylic acids is 1. The van der Waals surface area contributed by atoms with Crippen molar-refractivity contribution in [2.24, 2.45) is 0 Å². The van der Waals surface area contributed by atoms with Crippen LogP contribution in [0.1, 0.15) is 20.4 Å². The number of aromatic nitrogens is 3. The van der Waals surface area contributed by atoms with E-state index in [0.29, 0.717) is 15.9 Å². The maximum absolute atomic E-state index is 12.7. The lowest BCUT2D eigenvalue weighted by Crippen LogP contribution is -2.28. The third-order valence-corrected chi connectivity index (χ3v) is 9.49. The van der Waals surface area contributed by atoms with Crippen molar-refractivity contribution in [2.75, 3.05) is 6.26 Å². The number of rotatable bonds is 7. The standard InChI is InChI=1S/C30H24N4O5S3/c1-16-28(40-17(2)31-16)22-12-9-19-13-20(10-11-21(19)32-22)27-26(18-7-5-4-6-8-18)29-23(34(27)15-25(35)36)14-24(41-29)30(37)33-42(3,38)39/h4-14H,15H2,1-3H3,(H,33,37)(H,35,36). The van der Waals surface area contributed by atoms with Gasteiger partial charge in [-0.15, -0.1) is 22.7 Å². The molecule has 2 N–H and O–H groups in total. The van der Waals surface area contributed by atoms with E-state index in [1.54, 1.807) is 22.0 Å². The summed E-state index contributed by atoms with van der Waals surface area (Å²) in [6.45, 7) is 3.58. The van der Waals surface area contributed by atoms with Crippen molar-refractivity contribution in [3.63, 3.8) is 0 Å². The Bertz CT molecular complexity index is 2140. The fraction of sp³-hybridized carbons (Fsp3) is 0.133. The topological polar surface area (TPSA) is 131 Å². The molecule has 0 spiro atoms. The van der Waals surface area contributed by atoms with E-state index < -0.39 is 21.9 Å². The van der Waals surface area contributed by atoms with E-state index >= 15 is 0 Å². The number of carbonyl (C=O) groups is 2. The molecule has 6 rings (SSSR count). The first-order valence-electron chi connectivity index (χ1n) is 12.8. The Morgan fingerprint density at radius 1 is 0.952 bits per heavy atom. The molecular formula is C30H24N4O5S3. The minimum Gasteiger partial charge on any atom is -0.480 e. The summed E-state index contributed by atoms with van der Waals surface area (Å²) in [6, 6.07) is 20.9. The largest absolute Gasteiger partial charge is 0.480 e. The summed E-state index contributed by atoms with van der Waals surface area (Å²) in [5, 5.41) is 11.8. The molecular weight excluding hydrogens is 593 g/mol. The van der Waals surface area contributed by atoms with E-state index in [1.807, 2.05) is 79.2 Å². The van der Waals surface area contributed by atoms with E-state index in [9.17, 15) is 23.1 Å². The van der Waals surface area contributed by atoms with Gasteiger partial charge in [-0.1, -0.05) is 42.5 Å². The van der Waals surface area contributed by atoms with Gasteiger partial charge in [0.25, 0.3) is 5.91 Å². The lowest BCUT2D eigenvalue weighted by atomic mass is 10.00. The summed E-state index contributed by atoms with van der Waals surface area (Å²) in [5.41, 5.74) is 6.16. The number of nitrogens with zero attached hydrogens (tertiary/aromatic N) is 3. The fourth-order valence-electron chi connectivity index (χ4n) is 5.10. The molecule has 12 heteroatoms. The number of aliphatic carboxylic acids is 1. The number of thiazole rings is 1. The summed E-state index contributed by atoms with van der Waals surface area (Å²) in [7, 11) is -3.78. The monoisotopic (exact) mass is 616 g/mol. The van der Waals surface area contributed by atoms with Crippen molar-refractivity contribution < 1.29 is 23.1 Å². The molecule has 42 heavy (non-hydrogen) atoms. The molecule has 9 nitrogen and oxygen atoms in total. The van der Waals surface area contributed by atoms with E-state index in [1.165, 1.54) is 0 Å². The first-order valence-corrected chi connectivity index (χ1v) is 16.3. The summed E-state index contributed by atoms with van der Waals surface area (Å²) >= 11 is 2.72. The van der Waals surface area contributed by atoms with Gasteiger partial charge in [0.15, 0.2) is 0 Å². The molecule has 0 fully saturated rings. The fourth-order valence-corrected chi connectivity index (χ4v) is 7.62. The first-order chi connectivity index (χ1) is 20.0. The molecule has 0 bridgehead atoms. The van der Waals surface area contributed by atoms with Gasteiger partial charge < -0.3 is 9.67 Å². The van der Waals surface area contributed by atoms with Crippen molar-refractivity contribution in [3.05, 3.63) is 82.3 Å². The molecule has 0 aliphatic rings. The van der Waals surface area contributed by atoms with Crippen LogP contribution in [0.15, 0.2) is 66.7 Å². The van der Waals surface area contributed by atoms with Crippen molar-refractivity contribution in [2.45, 2.75) is 20.4 Å². The summed E-state index contributed by atoms with van der Waals surface area (Å²) in [5.74, 6) is -1.82. The zero-order chi connectivity index (χ0) is 29.8. The van der Waals surface area contributed by atoms with Crippen LogP contribution in [0.3, 0.4) is 0 Å². The highest BCUT2D eigenvalue weighted by Gasteiger charge is 2.26. The van der Waals surface area contributed by atoms with Crippen LogP contribution in [0.25, 0.3) is 54.1 Å². The van der Waals surface area contributed by atoms with Gasteiger partial charge in [0.2, 0.25) is 10.0 Å². The summed E-state index contributed by atoms with van der Waals surface area (Å²) in [4.78, 5) is 35.4. The molecule has 0 unspecified atom stereocenters. The number of nitrogens with one attached hydrogen (secondary N) is 1. The van der Waals surface area contributed by atoms with Gasteiger partial charge >= 0.3 is 5.97 Å². The average Bonchev–Trinajstić information content (AvgIpc) is 3.59. The molecule has 0 saturated carbocycles. The highest BCUT2D eigenvalue weighted by Crippen LogP contribution is 2.45. The normalized spacial score (nSPS) is 11.8. The zero-order valence-corrected chi connectivity index (χ0v) is 25.2. The van der Waals surface area contributed by atoms with E-state index in [-0.39, 0.29) is 11.4 Å². The van der Waals surface area contributed by atoms with E-state index in [0.717, 1.165) is 66.5 Å². The zero-order valence-electron chi connectivity index (χ0n) is 22.7. The second kappa shape index (κ2) is 10.5. The lowest BCUT2D eigenvalue weighted by Gasteiger charge is -2.13. The number of aryl methyl sites for hydroxylation is 2. The highest BCUT2D eigenvalue weighted by atomic mass is 32.2. The molecule has 4 aromatic heterocycles. The van der Waals surface area contributed by atoms with E-state index in [2.05, 4.69) is 4.98 Å². The Balaban J connectivity index is 1.57. The molecule has 0 atom stereocenters. The molecule has 4 heterocycles. The van der Waals surface area contributed by atoms with Gasteiger partial charge in [-0.05, 0) is 49.2 Å². The van der Waals surface area contributed by atoms with Crippen molar-refractivity contribution >= 4 is 65.7 Å². The van der Waals surface area contributed by atoms with Crippen LogP contribution in [-0.4, -0.2) is 46.2 Å². The quantitative estimate of drug-likeness (QED) is 0.222. The SMILES string of the molecule is Cc1nc(C)c(-c2ccc3cc(-c4c(-c5ccccc5)c5sc(C(=O)NS(C)(=O)=O)cc5n4CC(=O)O)ccc3n2)s1. The lowest BCUT2D eigenvalue weighted by molar-refractivity contribution is -0.137. The molecule has 212 valence electrons. The minimum atomic E-state index is -3.78. The molecule has 6 aromatic rings. The van der Waals surface area contributed by atoms with Gasteiger partial charge in [-0.25, -0.2) is 23.1 Å². The predicted molar refractivity (Wildman–Crippen MR) is 167 cm³/mol. The van der Waals surface area contributed by atoms with Crippen LogP contribution < -0.4 is 4.72 Å². The number of hydrogen-bond acceptors (Lipinski definition) is 8. The summed E-state index contributed by atoms with van der Waals surface area (Å²) in [6.07, 6.45) is 0.910. The second-order valence-corrected chi connectivity index (χ2v) is 13.9. The number of sulfonamides is 1. The van der Waals surface area contributed by atoms with Crippen molar-refractivity contribution in [1.29, 1.82) is 0 Å².